The predicted octanol–water partition coefficient (Wildman–Crippen LogP) is 4.10. The Morgan fingerprint density at radius 1 is 1.21 bits per heavy atom. The summed E-state index contributed by atoms with van der Waals surface area (Å²) in [5, 5.41) is 12.8. The molecule has 1 saturated heterocycles. The normalized spacial score (nSPS) is 20.0. The lowest BCUT2D eigenvalue weighted by atomic mass is 9.82. The fourth-order valence-electron chi connectivity index (χ4n) is 4.03. The number of hydrogen-bond acceptors (Lipinski definition) is 7. The maximum Gasteiger partial charge on any atom is 0.218 e. The standard InChI is InChI=1S/C26H26N4O3/c1-17-11-13-26(16-29-17,33-25-18(2)20(15-27)12-14-28-25)24(31)21-9-10-22(32-3)30-23(21)19-7-5-4-6-8-19/h4-10,12,14,17,29H,11,13,16H2,1-3H3/t17-,26-/m1/s1. The van der Waals surface area contributed by atoms with E-state index in [9.17, 15) is 10.1 Å². The van der Waals surface area contributed by atoms with E-state index in [-0.39, 0.29) is 11.8 Å². The first kappa shape index (κ1) is 22.4. The number of ketones is 1. The zero-order valence-electron chi connectivity index (χ0n) is 19.0. The van der Waals surface area contributed by atoms with Gasteiger partial charge in [0.15, 0.2) is 5.60 Å². The molecule has 0 spiro atoms. The van der Waals surface area contributed by atoms with Gasteiger partial charge in [-0.2, -0.15) is 5.26 Å². The first-order valence-electron chi connectivity index (χ1n) is 10.9. The summed E-state index contributed by atoms with van der Waals surface area (Å²) in [6, 6.07) is 17.0. The van der Waals surface area contributed by atoms with E-state index in [2.05, 4.69) is 28.3 Å². The summed E-state index contributed by atoms with van der Waals surface area (Å²) in [4.78, 5) is 23.1. The van der Waals surface area contributed by atoms with Crippen LogP contribution in [0.4, 0.5) is 0 Å². The molecule has 0 radical (unpaired) electrons. The van der Waals surface area contributed by atoms with Crippen LogP contribution in [0, 0.1) is 18.3 Å². The largest absolute Gasteiger partial charge is 0.481 e. The van der Waals surface area contributed by atoms with Gasteiger partial charge in [-0.05, 0) is 38.8 Å². The number of hydrogen-bond donors (Lipinski definition) is 1. The van der Waals surface area contributed by atoms with Gasteiger partial charge in [0.1, 0.15) is 0 Å². The van der Waals surface area contributed by atoms with Crippen molar-refractivity contribution >= 4 is 5.78 Å². The number of benzene rings is 1. The number of ether oxygens (including phenoxy) is 2. The van der Waals surface area contributed by atoms with Gasteiger partial charge in [-0.3, -0.25) is 4.79 Å². The summed E-state index contributed by atoms with van der Waals surface area (Å²) >= 11 is 0. The van der Waals surface area contributed by atoms with Crippen molar-refractivity contribution in [3.8, 4) is 29.1 Å². The highest BCUT2D eigenvalue weighted by atomic mass is 16.5. The smallest absolute Gasteiger partial charge is 0.218 e. The minimum absolute atomic E-state index is 0.181. The lowest BCUT2D eigenvalue weighted by Crippen LogP contribution is -2.58. The Bertz CT molecular complexity index is 1200. The highest BCUT2D eigenvalue weighted by Crippen LogP contribution is 2.34. The molecule has 1 N–H and O–H groups in total. The monoisotopic (exact) mass is 442 g/mol. The van der Waals surface area contributed by atoms with E-state index >= 15 is 0 Å². The molecule has 2 atom stereocenters. The van der Waals surface area contributed by atoms with Crippen LogP contribution in [0.15, 0.2) is 54.7 Å². The summed E-state index contributed by atoms with van der Waals surface area (Å²) in [6.07, 6.45) is 2.80. The number of carbonyl (C=O) groups is 1. The van der Waals surface area contributed by atoms with E-state index in [1.807, 2.05) is 30.3 Å². The average Bonchev–Trinajstić information content (AvgIpc) is 2.86. The van der Waals surface area contributed by atoms with Crippen LogP contribution >= 0.6 is 0 Å². The molecule has 0 amide bonds. The number of aromatic nitrogens is 2. The molecule has 3 heterocycles. The minimum Gasteiger partial charge on any atom is -0.481 e. The van der Waals surface area contributed by atoms with E-state index < -0.39 is 5.60 Å². The molecule has 1 aliphatic heterocycles. The van der Waals surface area contributed by atoms with E-state index in [1.54, 1.807) is 32.2 Å². The Labute approximate surface area is 193 Å². The molecule has 0 unspecified atom stereocenters. The highest BCUT2D eigenvalue weighted by molar-refractivity contribution is 6.07. The second-order valence-corrected chi connectivity index (χ2v) is 8.26. The number of nitriles is 1. The van der Waals surface area contributed by atoms with Crippen molar-refractivity contribution in [1.82, 2.24) is 15.3 Å². The summed E-state index contributed by atoms with van der Waals surface area (Å²) in [6.45, 7) is 4.19. The molecule has 1 fully saturated rings. The van der Waals surface area contributed by atoms with E-state index in [0.29, 0.717) is 47.1 Å². The van der Waals surface area contributed by atoms with E-state index in [4.69, 9.17) is 9.47 Å². The summed E-state index contributed by atoms with van der Waals surface area (Å²) < 4.78 is 11.7. The SMILES string of the molecule is COc1ccc(C(=O)[C@@]2(Oc3nccc(C#N)c3C)CC[C@@H](C)NC2)c(-c2ccccc2)n1. The van der Waals surface area contributed by atoms with Crippen LogP contribution in [0.2, 0.25) is 0 Å². The Kier molecular flexibility index (Phi) is 6.38. The van der Waals surface area contributed by atoms with Gasteiger partial charge in [0.2, 0.25) is 17.5 Å². The number of pyridine rings is 2. The van der Waals surface area contributed by atoms with Crippen molar-refractivity contribution in [2.24, 2.45) is 0 Å². The molecule has 1 aromatic carbocycles. The minimum atomic E-state index is -1.18. The topological polar surface area (TPSA) is 97.1 Å². The number of nitrogens with one attached hydrogen (secondary N) is 1. The van der Waals surface area contributed by atoms with Gasteiger partial charge in [-0.15, -0.1) is 0 Å². The predicted molar refractivity (Wildman–Crippen MR) is 124 cm³/mol. The van der Waals surface area contributed by atoms with Crippen molar-refractivity contribution in [3.05, 3.63) is 71.4 Å². The van der Waals surface area contributed by atoms with Crippen LogP contribution < -0.4 is 14.8 Å². The first-order valence-corrected chi connectivity index (χ1v) is 10.9. The van der Waals surface area contributed by atoms with Crippen molar-refractivity contribution in [1.29, 1.82) is 5.26 Å². The number of nitrogens with zero attached hydrogens (tertiary/aromatic N) is 3. The van der Waals surface area contributed by atoms with Gasteiger partial charge in [-0.25, -0.2) is 9.97 Å². The number of piperidine rings is 1. The second kappa shape index (κ2) is 9.39. The molecule has 0 aliphatic carbocycles. The number of carbonyl (C=O) groups excluding carboxylic acids is 1. The summed E-state index contributed by atoms with van der Waals surface area (Å²) in [5.74, 6) is 0.538. The fourth-order valence-corrected chi connectivity index (χ4v) is 4.03. The molecule has 7 nitrogen and oxygen atoms in total. The van der Waals surface area contributed by atoms with Gasteiger partial charge in [0.25, 0.3) is 0 Å². The number of methoxy groups -OCH3 is 1. The molecule has 3 aromatic rings. The van der Waals surface area contributed by atoms with Crippen molar-refractivity contribution in [2.45, 2.75) is 38.3 Å². The van der Waals surface area contributed by atoms with Crippen molar-refractivity contribution < 1.29 is 14.3 Å². The van der Waals surface area contributed by atoms with Crippen LogP contribution in [0.1, 0.15) is 41.3 Å². The third kappa shape index (κ3) is 4.43. The first-order chi connectivity index (χ1) is 16.0. The lowest BCUT2D eigenvalue weighted by molar-refractivity contribution is 0.0261. The van der Waals surface area contributed by atoms with Crippen molar-refractivity contribution in [2.75, 3.05) is 13.7 Å². The maximum absolute atomic E-state index is 14.2. The number of rotatable bonds is 6. The average molecular weight is 443 g/mol. The van der Waals surface area contributed by atoms with Crippen LogP contribution in [-0.4, -0.2) is 41.0 Å². The maximum atomic E-state index is 14.2. The summed E-state index contributed by atoms with van der Waals surface area (Å²) in [7, 11) is 1.55. The molecule has 7 heteroatoms. The second-order valence-electron chi connectivity index (χ2n) is 8.26. The van der Waals surface area contributed by atoms with Gasteiger partial charge >= 0.3 is 0 Å². The molecular weight excluding hydrogens is 416 g/mol. The molecule has 0 bridgehead atoms. The molecule has 1 aliphatic rings. The van der Waals surface area contributed by atoms with Gasteiger partial charge < -0.3 is 14.8 Å². The zero-order chi connectivity index (χ0) is 23.4. The van der Waals surface area contributed by atoms with E-state index in [0.717, 1.165) is 12.0 Å². The van der Waals surface area contributed by atoms with Crippen molar-refractivity contribution in [3.63, 3.8) is 0 Å². The molecular formula is C26H26N4O3. The number of Topliss-reactive ketones (excluding diaryl/α,β-unsaturated/α-hetero) is 1. The zero-order valence-corrected chi connectivity index (χ0v) is 19.0. The molecule has 4 rings (SSSR count). The molecule has 0 saturated carbocycles. The summed E-state index contributed by atoms with van der Waals surface area (Å²) in [5.41, 5.74) is 1.70. The van der Waals surface area contributed by atoms with Gasteiger partial charge in [-0.1, -0.05) is 30.3 Å². The Balaban J connectivity index is 1.81. The third-order valence-electron chi connectivity index (χ3n) is 6.07. The molecule has 168 valence electrons. The highest BCUT2D eigenvalue weighted by Gasteiger charge is 2.45. The fraction of sp³-hybridized carbons (Fsp3) is 0.308. The Hall–Kier alpha value is -3.76. The third-order valence-corrected chi connectivity index (χ3v) is 6.07. The molecule has 2 aromatic heterocycles. The van der Waals surface area contributed by atoms with Gasteiger partial charge in [0.05, 0.1) is 24.4 Å². The van der Waals surface area contributed by atoms with Crippen LogP contribution in [-0.2, 0) is 0 Å². The Morgan fingerprint density at radius 3 is 2.67 bits per heavy atom. The van der Waals surface area contributed by atoms with Crippen LogP contribution in [0.3, 0.4) is 0 Å². The Morgan fingerprint density at radius 2 is 2.00 bits per heavy atom. The quantitative estimate of drug-likeness (QED) is 0.574. The van der Waals surface area contributed by atoms with Crippen LogP contribution in [0.5, 0.6) is 11.8 Å². The van der Waals surface area contributed by atoms with E-state index in [1.165, 1.54) is 6.20 Å². The van der Waals surface area contributed by atoms with Gasteiger partial charge in [0, 0.05) is 41.5 Å². The lowest BCUT2D eigenvalue weighted by Gasteiger charge is -2.39. The molecule has 33 heavy (non-hydrogen) atoms. The van der Waals surface area contributed by atoms with Crippen LogP contribution in [0.25, 0.3) is 11.3 Å².